The summed E-state index contributed by atoms with van der Waals surface area (Å²) in [6.45, 7) is 6.43. The summed E-state index contributed by atoms with van der Waals surface area (Å²) in [5.74, 6) is -0.273. The van der Waals surface area contributed by atoms with Crippen LogP contribution in [-0.2, 0) is 4.74 Å². The lowest BCUT2D eigenvalue weighted by molar-refractivity contribution is 0.00460. The molecule has 3 aromatic heterocycles. The van der Waals surface area contributed by atoms with Crippen molar-refractivity contribution in [3.63, 3.8) is 0 Å². The summed E-state index contributed by atoms with van der Waals surface area (Å²) in [5.41, 5.74) is 6.78. The van der Waals surface area contributed by atoms with E-state index < -0.39 is 5.82 Å². The molecule has 0 aliphatic carbocycles. The Bertz CT molecular complexity index is 1360. The lowest BCUT2D eigenvalue weighted by atomic mass is 9.88. The Hall–Kier alpha value is -2.96. The molecule has 0 saturated carbocycles. The van der Waals surface area contributed by atoms with Gasteiger partial charge in [-0.05, 0) is 75.6 Å². The molecule has 1 aliphatic heterocycles. The number of nitrogens with zero attached hydrogens (tertiary/aromatic N) is 4. The summed E-state index contributed by atoms with van der Waals surface area (Å²) < 4.78 is 21.0. The summed E-state index contributed by atoms with van der Waals surface area (Å²) in [6.07, 6.45) is 3.39. The van der Waals surface area contributed by atoms with Gasteiger partial charge in [-0.3, -0.25) is 4.98 Å². The number of aryl methyl sites for hydroxylation is 3. The smallest absolute Gasteiger partial charge is 0.134 e. The van der Waals surface area contributed by atoms with Crippen LogP contribution >= 0.6 is 11.6 Å². The minimum absolute atomic E-state index is 0.0375. The highest BCUT2D eigenvalue weighted by molar-refractivity contribution is 6.30. The van der Waals surface area contributed by atoms with E-state index >= 15 is 0 Å². The fourth-order valence-corrected chi connectivity index (χ4v) is 4.55. The Morgan fingerprint density at radius 1 is 1.00 bits per heavy atom. The Labute approximate surface area is 197 Å². The highest BCUT2D eigenvalue weighted by Crippen LogP contribution is 2.39. The molecule has 0 amide bonds. The van der Waals surface area contributed by atoms with Crippen LogP contribution in [0.3, 0.4) is 0 Å². The highest BCUT2D eigenvalue weighted by Gasteiger charge is 2.28. The van der Waals surface area contributed by atoms with Crippen molar-refractivity contribution in [2.75, 3.05) is 6.61 Å². The fraction of sp³-hybridized carbons (Fsp3) is 0.308. The maximum Gasteiger partial charge on any atom is 0.134 e. The summed E-state index contributed by atoms with van der Waals surface area (Å²) >= 11 is 6.00. The number of ether oxygens (including phenoxy) is 1. The fourth-order valence-electron chi connectivity index (χ4n) is 4.39. The molecule has 0 spiro atoms. The van der Waals surface area contributed by atoms with Crippen molar-refractivity contribution in [1.82, 2.24) is 19.9 Å². The SMILES string of the molecule is Cc1cc([C@H]2CC(c3cc4nc(C)c(C)nc4c(-c4ccc(Cl)cc4F)n3)CCO2)ccn1. The third-order valence-electron chi connectivity index (χ3n) is 6.26. The molecule has 2 atom stereocenters. The average molecular weight is 463 g/mol. The lowest BCUT2D eigenvalue weighted by Gasteiger charge is -2.30. The molecule has 7 heteroatoms. The van der Waals surface area contributed by atoms with Crippen LogP contribution in [0.1, 0.15) is 53.2 Å². The van der Waals surface area contributed by atoms with Gasteiger partial charge in [0.15, 0.2) is 0 Å². The van der Waals surface area contributed by atoms with Gasteiger partial charge in [0.1, 0.15) is 17.0 Å². The van der Waals surface area contributed by atoms with Crippen molar-refractivity contribution in [2.24, 2.45) is 0 Å². The molecular weight excluding hydrogens is 439 g/mol. The van der Waals surface area contributed by atoms with E-state index in [1.807, 2.05) is 39.1 Å². The van der Waals surface area contributed by atoms with Gasteiger partial charge in [0, 0.05) is 40.7 Å². The normalized spacial score (nSPS) is 18.6. The first kappa shape index (κ1) is 21.9. The highest BCUT2D eigenvalue weighted by atomic mass is 35.5. The quantitative estimate of drug-likeness (QED) is 0.350. The second-order valence-corrected chi connectivity index (χ2v) is 9.03. The number of aromatic nitrogens is 4. The zero-order chi connectivity index (χ0) is 23.1. The number of fused-ring (bicyclic) bond motifs is 1. The molecule has 5 rings (SSSR count). The Morgan fingerprint density at radius 3 is 2.61 bits per heavy atom. The molecule has 0 N–H and O–H groups in total. The Morgan fingerprint density at radius 2 is 1.82 bits per heavy atom. The molecule has 5 nitrogen and oxygen atoms in total. The average Bonchev–Trinajstić information content (AvgIpc) is 2.80. The number of hydrogen-bond acceptors (Lipinski definition) is 5. The molecular formula is C26H24ClFN4O. The van der Waals surface area contributed by atoms with E-state index in [9.17, 15) is 4.39 Å². The van der Waals surface area contributed by atoms with Crippen molar-refractivity contribution < 1.29 is 9.13 Å². The van der Waals surface area contributed by atoms with Crippen molar-refractivity contribution in [3.05, 3.63) is 81.8 Å². The Kier molecular flexibility index (Phi) is 5.81. The summed E-state index contributed by atoms with van der Waals surface area (Å²) in [4.78, 5) is 18.7. The number of halogens is 2. The van der Waals surface area contributed by atoms with Gasteiger partial charge < -0.3 is 4.74 Å². The van der Waals surface area contributed by atoms with Gasteiger partial charge in [0.25, 0.3) is 0 Å². The zero-order valence-corrected chi connectivity index (χ0v) is 19.5. The Balaban J connectivity index is 1.62. The molecule has 1 aromatic carbocycles. The minimum Gasteiger partial charge on any atom is -0.373 e. The zero-order valence-electron chi connectivity index (χ0n) is 18.8. The van der Waals surface area contributed by atoms with Crippen LogP contribution in [0.4, 0.5) is 4.39 Å². The van der Waals surface area contributed by atoms with Gasteiger partial charge in [0.2, 0.25) is 0 Å². The van der Waals surface area contributed by atoms with Gasteiger partial charge >= 0.3 is 0 Å². The predicted octanol–water partition coefficient (Wildman–Crippen LogP) is 6.44. The van der Waals surface area contributed by atoms with Crippen LogP contribution in [-0.4, -0.2) is 26.5 Å². The summed E-state index contributed by atoms with van der Waals surface area (Å²) in [5, 5.41) is 0.342. The van der Waals surface area contributed by atoms with E-state index in [1.165, 1.54) is 6.07 Å². The number of benzene rings is 1. The molecule has 4 heterocycles. The second-order valence-electron chi connectivity index (χ2n) is 8.59. The maximum atomic E-state index is 14.9. The monoisotopic (exact) mass is 462 g/mol. The van der Waals surface area contributed by atoms with Crippen molar-refractivity contribution in [3.8, 4) is 11.3 Å². The summed E-state index contributed by atoms with van der Waals surface area (Å²) in [7, 11) is 0. The van der Waals surface area contributed by atoms with Gasteiger partial charge in [-0.15, -0.1) is 0 Å². The number of rotatable bonds is 3. The van der Waals surface area contributed by atoms with Crippen LogP contribution < -0.4 is 0 Å². The third kappa shape index (κ3) is 4.33. The molecule has 1 saturated heterocycles. The molecule has 168 valence electrons. The number of hydrogen-bond donors (Lipinski definition) is 0. The van der Waals surface area contributed by atoms with E-state index in [-0.39, 0.29) is 12.0 Å². The van der Waals surface area contributed by atoms with Gasteiger partial charge in [-0.25, -0.2) is 19.3 Å². The van der Waals surface area contributed by atoms with Gasteiger partial charge in [-0.1, -0.05) is 11.6 Å². The number of pyridine rings is 2. The topological polar surface area (TPSA) is 60.8 Å². The predicted molar refractivity (Wildman–Crippen MR) is 127 cm³/mol. The second kappa shape index (κ2) is 8.76. The first-order chi connectivity index (χ1) is 15.9. The molecule has 0 bridgehead atoms. The maximum absolute atomic E-state index is 14.9. The van der Waals surface area contributed by atoms with Crippen molar-refractivity contribution in [2.45, 2.75) is 45.6 Å². The molecule has 1 fully saturated rings. The van der Waals surface area contributed by atoms with Crippen LogP contribution in [0.15, 0.2) is 42.6 Å². The first-order valence-electron chi connectivity index (χ1n) is 11.0. The van der Waals surface area contributed by atoms with Gasteiger partial charge in [0.05, 0.1) is 23.0 Å². The van der Waals surface area contributed by atoms with E-state index in [4.69, 9.17) is 31.3 Å². The molecule has 33 heavy (non-hydrogen) atoms. The van der Waals surface area contributed by atoms with Crippen LogP contribution in [0.2, 0.25) is 5.02 Å². The molecule has 1 aliphatic rings. The largest absolute Gasteiger partial charge is 0.373 e. The van der Waals surface area contributed by atoms with Gasteiger partial charge in [-0.2, -0.15) is 0 Å². The van der Waals surface area contributed by atoms with E-state index in [1.54, 1.807) is 12.1 Å². The first-order valence-corrected chi connectivity index (χ1v) is 11.4. The molecule has 1 unspecified atom stereocenters. The van der Waals surface area contributed by atoms with Crippen LogP contribution in [0, 0.1) is 26.6 Å². The molecule has 4 aromatic rings. The molecule has 0 radical (unpaired) electrons. The van der Waals surface area contributed by atoms with E-state index in [2.05, 4.69) is 11.1 Å². The summed E-state index contributed by atoms with van der Waals surface area (Å²) in [6, 6.07) is 10.7. The van der Waals surface area contributed by atoms with Crippen molar-refractivity contribution >= 4 is 22.6 Å². The third-order valence-corrected chi connectivity index (χ3v) is 6.50. The van der Waals surface area contributed by atoms with E-state index in [0.29, 0.717) is 28.4 Å². The van der Waals surface area contributed by atoms with Crippen LogP contribution in [0.25, 0.3) is 22.3 Å². The lowest BCUT2D eigenvalue weighted by Crippen LogP contribution is -2.20. The van der Waals surface area contributed by atoms with E-state index in [0.717, 1.165) is 46.7 Å². The van der Waals surface area contributed by atoms with Crippen LogP contribution in [0.5, 0.6) is 0 Å². The standard InChI is InChI=1S/C26H24ClFN4O/c1-14-10-18(6-8-29-14)24-11-17(7-9-33-24)22-13-23-26(31-16(3)15(2)30-23)25(32-22)20-5-4-19(27)12-21(20)28/h4-6,8,10,12-13,17,24H,7,9,11H2,1-3H3/t17?,24-/m1/s1. The van der Waals surface area contributed by atoms with Crippen molar-refractivity contribution in [1.29, 1.82) is 0 Å². The minimum atomic E-state index is -0.425.